The Hall–Kier alpha value is -4.24. The van der Waals surface area contributed by atoms with Crippen LogP contribution in [0.2, 0.25) is 0 Å². The molecule has 0 saturated carbocycles. The van der Waals surface area contributed by atoms with Gasteiger partial charge in [-0.3, -0.25) is 9.78 Å². The molecule has 0 unspecified atom stereocenters. The number of carbonyl (C=O) groups excluding carboxylic acids is 1. The molecule has 6 nitrogen and oxygen atoms in total. The Labute approximate surface area is 205 Å². The lowest BCUT2D eigenvalue weighted by molar-refractivity contribution is 0.0713. The molecular formula is C29H26N4O2. The Morgan fingerprint density at radius 2 is 1.80 bits per heavy atom. The number of hydrogen-bond donors (Lipinski definition) is 0. The van der Waals surface area contributed by atoms with Crippen LogP contribution in [0.4, 0.5) is 0 Å². The van der Waals surface area contributed by atoms with Gasteiger partial charge in [-0.05, 0) is 78.8 Å². The summed E-state index contributed by atoms with van der Waals surface area (Å²) in [6, 6.07) is 17.7. The van der Waals surface area contributed by atoms with Gasteiger partial charge in [0.05, 0.1) is 6.42 Å². The van der Waals surface area contributed by atoms with Crippen molar-refractivity contribution in [3.63, 3.8) is 0 Å². The van der Waals surface area contributed by atoms with E-state index in [1.165, 1.54) is 5.56 Å². The van der Waals surface area contributed by atoms with Crippen molar-refractivity contribution >= 4 is 5.91 Å². The zero-order valence-corrected chi connectivity index (χ0v) is 19.6. The van der Waals surface area contributed by atoms with Gasteiger partial charge in [0.2, 0.25) is 11.8 Å². The Kier molecular flexibility index (Phi) is 6.40. The van der Waals surface area contributed by atoms with Crippen molar-refractivity contribution in [2.75, 3.05) is 13.1 Å². The van der Waals surface area contributed by atoms with Crippen molar-refractivity contribution in [3.05, 3.63) is 101 Å². The summed E-state index contributed by atoms with van der Waals surface area (Å²) in [5, 5.41) is 8.35. The van der Waals surface area contributed by atoms with Gasteiger partial charge in [-0.15, -0.1) is 16.6 Å². The molecule has 0 atom stereocenters. The molecule has 3 heterocycles. The third kappa shape index (κ3) is 4.99. The van der Waals surface area contributed by atoms with Crippen molar-refractivity contribution in [1.82, 2.24) is 20.1 Å². The van der Waals surface area contributed by atoms with Crippen LogP contribution < -0.4 is 0 Å². The van der Waals surface area contributed by atoms with Crippen molar-refractivity contribution in [3.8, 4) is 23.8 Å². The van der Waals surface area contributed by atoms with E-state index in [0.29, 0.717) is 29.7 Å². The smallest absolute Gasteiger partial charge is 0.253 e. The number of aromatic nitrogens is 3. The number of pyridine rings is 1. The molecule has 0 N–H and O–H groups in total. The molecule has 0 bridgehead atoms. The van der Waals surface area contributed by atoms with Crippen LogP contribution in [0.15, 0.2) is 71.4 Å². The molecule has 0 radical (unpaired) electrons. The average Bonchev–Trinajstić information content (AvgIpc) is 3.39. The van der Waals surface area contributed by atoms with Gasteiger partial charge in [0.1, 0.15) is 0 Å². The van der Waals surface area contributed by atoms with E-state index in [-0.39, 0.29) is 5.91 Å². The van der Waals surface area contributed by atoms with Crippen molar-refractivity contribution in [1.29, 1.82) is 0 Å². The molecule has 6 heteroatoms. The van der Waals surface area contributed by atoms with Crippen LogP contribution in [-0.4, -0.2) is 39.1 Å². The molecule has 4 aromatic rings. The fraction of sp³-hybridized carbons (Fsp3) is 0.241. The van der Waals surface area contributed by atoms with E-state index in [1.54, 1.807) is 12.4 Å². The van der Waals surface area contributed by atoms with Crippen LogP contribution >= 0.6 is 0 Å². The van der Waals surface area contributed by atoms with E-state index in [1.807, 2.05) is 54.3 Å². The van der Waals surface area contributed by atoms with E-state index in [0.717, 1.165) is 48.2 Å². The summed E-state index contributed by atoms with van der Waals surface area (Å²) in [5.74, 6) is 4.15. The van der Waals surface area contributed by atoms with E-state index < -0.39 is 0 Å². The fourth-order valence-electron chi connectivity index (χ4n) is 4.54. The second-order valence-corrected chi connectivity index (χ2v) is 8.89. The number of likely N-dealkylation sites (tertiary alicyclic amines) is 1. The van der Waals surface area contributed by atoms with Crippen LogP contribution in [-0.2, 0) is 6.42 Å². The lowest BCUT2D eigenvalue weighted by Gasteiger charge is -2.32. The van der Waals surface area contributed by atoms with Crippen molar-refractivity contribution in [2.24, 2.45) is 0 Å². The first-order valence-corrected chi connectivity index (χ1v) is 11.8. The summed E-state index contributed by atoms with van der Waals surface area (Å²) in [6.07, 6.45) is 11.2. The van der Waals surface area contributed by atoms with Gasteiger partial charge in [0.25, 0.3) is 5.91 Å². The predicted octanol–water partition coefficient (Wildman–Crippen LogP) is 5.03. The number of aryl methyl sites for hydroxylation is 1. The second kappa shape index (κ2) is 9.94. The number of hydrogen-bond acceptors (Lipinski definition) is 5. The van der Waals surface area contributed by atoms with E-state index >= 15 is 0 Å². The molecule has 1 amide bonds. The fourth-order valence-corrected chi connectivity index (χ4v) is 4.54. The van der Waals surface area contributed by atoms with Crippen LogP contribution in [0.25, 0.3) is 11.5 Å². The Bertz CT molecular complexity index is 1360. The first kappa shape index (κ1) is 22.5. The number of benzene rings is 2. The van der Waals surface area contributed by atoms with Gasteiger partial charge >= 0.3 is 0 Å². The molecule has 1 saturated heterocycles. The maximum Gasteiger partial charge on any atom is 0.253 e. The monoisotopic (exact) mass is 462 g/mol. The van der Waals surface area contributed by atoms with Crippen molar-refractivity contribution < 1.29 is 9.21 Å². The quantitative estimate of drug-likeness (QED) is 0.389. The summed E-state index contributed by atoms with van der Waals surface area (Å²) < 4.78 is 5.86. The largest absolute Gasteiger partial charge is 0.420 e. The number of carbonyl (C=O) groups is 1. The maximum atomic E-state index is 13.3. The molecule has 1 fully saturated rings. The minimum Gasteiger partial charge on any atom is -0.420 e. The van der Waals surface area contributed by atoms with E-state index in [2.05, 4.69) is 33.2 Å². The summed E-state index contributed by atoms with van der Waals surface area (Å²) in [7, 11) is 0. The Morgan fingerprint density at radius 3 is 2.51 bits per heavy atom. The second-order valence-electron chi connectivity index (χ2n) is 8.89. The van der Waals surface area contributed by atoms with Gasteiger partial charge in [-0.2, -0.15) is 0 Å². The van der Waals surface area contributed by atoms with Crippen LogP contribution in [0.1, 0.15) is 57.3 Å². The summed E-state index contributed by atoms with van der Waals surface area (Å²) in [4.78, 5) is 19.2. The van der Waals surface area contributed by atoms with Gasteiger partial charge in [-0.25, -0.2) is 0 Å². The standard InChI is InChI=1S/C29H26N4O2/c1-3-21-5-8-22(9-6-21)23-12-16-33(17-13-23)29(34)25-7-4-20(2)26(18-25)19-27-31-32-28(35-27)24-10-14-30-15-11-24/h1,4-11,14-15,18,23H,12-13,16-17,19H2,2H3. The molecule has 35 heavy (non-hydrogen) atoms. The van der Waals surface area contributed by atoms with Gasteiger partial charge in [0, 0.05) is 42.2 Å². The third-order valence-corrected chi connectivity index (χ3v) is 6.66. The molecule has 174 valence electrons. The molecule has 2 aromatic heterocycles. The minimum atomic E-state index is 0.0652. The highest BCUT2D eigenvalue weighted by Crippen LogP contribution is 2.29. The van der Waals surface area contributed by atoms with E-state index in [4.69, 9.17) is 10.8 Å². The zero-order valence-electron chi connectivity index (χ0n) is 19.6. The lowest BCUT2D eigenvalue weighted by Crippen LogP contribution is -2.38. The average molecular weight is 463 g/mol. The number of nitrogens with zero attached hydrogens (tertiary/aromatic N) is 4. The predicted molar refractivity (Wildman–Crippen MR) is 134 cm³/mol. The highest BCUT2D eigenvalue weighted by atomic mass is 16.4. The molecule has 5 rings (SSSR count). The first-order chi connectivity index (χ1) is 17.1. The van der Waals surface area contributed by atoms with E-state index in [9.17, 15) is 4.79 Å². The number of piperidine rings is 1. The molecule has 2 aromatic carbocycles. The van der Waals surface area contributed by atoms with Crippen LogP contribution in [0, 0.1) is 19.3 Å². The summed E-state index contributed by atoms with van der Waals surface area (Å²) in [6.45, 7) is 3.51. The highest BCUT2D eigenvalue weighted by molar-refractivity contribution is 5.94. The third-order valence-electron chi connectivity index (χ3n) is 6.66. The van der Waals surface area contributed by atoms with Crippen molar-refractivity contribution in [2.45, 2.75) is 32.1 Å². The number of rotatable bonds is 5. The summed E-state index contributed by atoms with van der Waals surface area (Å²) >= 11 is 0. The first-order valence-electron chi connectivity index (χ1n) is 11.8. The molecule has 1 aliphatic heterocycles. The number of terminal acetylenes is 1. The van der Waals surface area contributed by atoms with Gasteiger partial charge in [-0.1, -0.05) is 24.1 Å². The molecule has 0 spiro atoms. The summed E-state index contributed by atoms with van der Waals surface area (Å²) in [5.41, 5.74) is 5.79. The van der Waals surface area contributed by atoms with Crippen LogP contribution in [0.3, 0.4) is 0 Å². The topological polar surface area (TPSA) is 72.1 Å². The molecule has 0 aliphatic carbocycles. The Morgan fingerprint density at radius 1 is 1.06 bits per heavy atom. The highest BCUT2D eigenvalue weighted by Gasteiger charge is 2.25. The Balaban J connectivity index is 1.25. The minimum absolute atomic E-state index is 0.0652. The maximum absolute atomic E-state index is 13.3. The molecule has 1 aliphatic rings. The van der Waals surface area contributed by atoms with Gasteiger partial charge in [0.15, 0.2) is 0 Å². The SMILES string of the molecule is C#Cc1ccc(C2CCN(C(=O)c3ccc(C)c(Cc4nnc(-c5ccncc5)o4)c3)CC2)cc1. The lowest BCUT2D eigenvalue weighted by atomic mass is 9.88. The zero-order chi connectivity index (χ0) is 24.2. The molecular weight excluding hydrogens is 436 g/mol. The van der Waals surface area contributed by atoms with Crippen LogP contribution in [0.5, 0.6) is 0 Å². The number of amides is 1. The van der Waals surface area contributed by atoms with Gasteiger partial charge < -0.3 is 9.32 Å². The normalized spacial score (nSPS) is 14.0.